The van der Waals surface area contributed by atoms with Crippen LogP contribution in [0, 0.1) is 0 Å². The van der Waals surface area contributed by atoms with Crippen LogP contribution < -0.4 is 5.32 Å². The smallest absolute Gasteiger partial charge is 0.266 e. The lowest BCUT2D eigenvalue weighted by Gasteiger charge is -2.00. The summed E-state index contributed by atoms with van der Waals surface area (Å²) in [6.45, 7) is 0. The van der Waals surface area contributed by atoms with Crippen molar-refractivity contribution in [2.75, 3.05) is 0 Å². The molecule has 1 aliphatic carbocycles. The van der Waals surface area contributed by atoms with Gasteiger partial charge in [0, 0.05) is 0 Å². The first kappa shape index (κ1) is 6.14. The number of imide groups is 1. The summed E-state index contributed by atoms with van der Waals surface area (Å²) < 4.78 is 5.18. The molecule has 2 heterocycles. The average Bonchev–Trinajstić information content (AvgIpc) is 2.69. The number of carbonyl (C=O) groups excluding carboxylic acids is 2. The van der Waals surface area contributed by atoms with Crippen molar-refractivity contribution in [3.05, 3.63) is 24.3 Å². The van der Waals surface area contributed by atoms with E-state index in [0.29, 0.717) is 0 Å². The van der Waals surface area contributed by atoms with Crippen molar-refractivity contribution in [2.45, 2.75) is 11.2 Å². The number of morpholine rings is 1. The van der Waals surface area contributed by atoms with Crippen molar-refractivity contribution in [3.63, 3.8) is 0 Å². The fourth-order valence-electron chi connectivity index (χ4n) is 1.80. The van der Waals surface area contributed by atoms with Gasteiger partial charge in [-0.05, 0) is 12.2 Å². The quantitative estimate of drug-likeness (QED) is 0.378. The van der Waals surface area contributed by atoms with Gasteiger partial charge in [0.2, 0.25) is 11.2 Å². The lowest BCUT2D eigenvalue weighted by Crippen LogP contribution is -2.31. The van der Waals surface area contributed by atoms with Gasteiger partial charge < -0.3 is 4.74 Å². The Hall–Kier alpha value is -1.42. The van der Waals surface area contributed by atoms with Crippen molar-refractivity contribution < 1.29 is 14.3 Å². The van der Waals surface area contributed by atoms with Crippen molar-refractivity contribution in [1.29, 1.82) is 0 Å². The van der Waals surface area contributed by atoms with Crippen molar-refractivity contribution in [1.82, 2.24) is 5.32 Å². The molecule has 2 atom stereocenters. The number of ether oxygens (including phenoxy) is 1. The number of hydrogen-bond acceptors (Lipinski definition) is 3. The van der Waals surface area contributed by atoms with Crippen LogP contribution in [0.4, 0.5) is 0 Å². The highest BCUT2D eigenvalue weighted by Gasteiger charge is 2.81. The summed E-state index contributed by atoms with van der Waals surface area (Å²) in [6.07, 6.45) is 6.66. The van der Waals surface area contributed by atoms with Gasteiger partial charge in [0.1, 0.15) is 0 Å². The largest absolute Gasteiger partial charge is 0.332 e. The molecule has 4 nitrogen and oxygen atoms in total. The zero-order valence-corrected chi connectivity index (χ0v) is 6.03. The van der Waals surface area contributed by atoms with Crippen molar-refractivity contribution >= 4 is 11.8 Å². The first-order valence-electron chi connectivity index (χ1n) is 3.64. The second kappa shape index (κ2) is 1.38. The molecule has 0 aromatic rings. The number of rotatable bonds is 0. The maximum atomic E-state index is 11.2. The third-order valence-corrected chi connectivity index (χ3v) is 2.51. The zero-order chi connectivity index (χ0) is 8.40. The van der Waals surface area contributed by atoms with Gasteiger partial charge >= 0.3 is 0 Å². The maximum absolute atomic E-state index is 11.2. The van der Waals surface area contributed by atoms with Crippen LogP contribution in [-0.4, -0.2) is 23.0 Å². The van der Waals surface area contributed by atoms with Crippen LogP contribution in [0.15, 0.2) is 24.3 Å². The van der Waals surface area contributed by atoms with Crippen LogP contribution in [-0.2, 0) is 14.3 Å². The van der Waals surface area contributed by atoms with E-state index in [1.165, 1.54) is 0 Å². The minimum Gasteiger partial charge on any atom is -0.332 e. The first-order valence-corrected chi connectivity index (χ1v) is 3.64. The third-order valence-electron chi connectivity index (χ3n) is 2.51. The molecule has 0 aromatic heterocycles. The fraction of sp³-hybridized carbons (Fsp3) is 0.250. The summed E-state index contributed by atoms with van der Waals surface area (Å²) in [5.74, 6) is -0.707. The van der Waals surface area contributed by atoms with Crippen LogP contribution in [0.5, 0.6) is 0 Å². The molecule has 2 fully saturated rings. The Bertz CT molecular complexity index is 336. The Morgan fingerprint density at radius 1 is 1.08 bits per heavy atom. The highest BCUT2D eigenvalue weighted by molar-refractivity contribution is 6.20. The maximum Gasteiger partial charge on any atom is 0.266 e. The molecule has 2 aliphatic heterocycles. The molecule has 0 saturated carbocycles. The number of hydrogen-bond donors (Lipinski definition) is 1. The minimum absolute atomic E-state index is 0.354. The van der Waals surface area contributed by atoms with Crippen LogP contribution in [0.2, 0.25) is 0 Å². The van der Waals surface area contributed by atoms with Gasteiger partial charge in [-0.25, -0.2) is 0 Å². The molecule has 2 saturated heterocycles. The van der Waals surface area contributed by atoms with E-state index in [4.69, 9.17) is 4.74 Å². The highest BCUT2D eigenvalue weighted by atomic mass is 16.6. The van der Waals surface area contributed by atoms with E-state index >= 15 is 0 Å². The SMILES string of the molecule is O=C1NC(=O)C23C=CC=CC12O3. The number of allylic oxidation sites excluding steroid dienone is 2. The Morgan fingerprint density at radius 3 is 2.08 bits per heavy atom. The van der Waals surface area contributed by atoms with Crippen molar-refractivity contribution in [2.24, 2.45) is 0 Å². The van der Waals surface area contributed by atoms with Crippen LogP contribution in [0.25, 0.3) is 0 Å². The summed E-state index contributed by atoms with van der Waals surface area (Å²) in [7, 11) is 0. The predicted octanol–water partition coefficient (Wildman–Crippen LogP) is -0.723. The molecule has 2 unspecified atom stereocenters. The van der Waals surface area contributed by atoms with Gasteiger partial charge in [-0.1, -0.05) is 12.2 Å². The minimum atomic E-state index is -1.00. The Labute approximate surface area is 67.9 Å². The summed E-state index contributed by atoms with van der Waals surface area (Å²) in [4.78, 5) is 22.5. The topological polar surface area (TPSA) is 58.7 Å². The van der Waals surface area contributed by atoms with Gasteiger partial charge in [0.15, 0.2) is 0 Å². The molecule has 3 rings (SSSR count). The standard InChI is InChI=1S/C8H5NO3/c10-5-7-3-1-2-4-8(7,12-7)6(11)9-5/h1-4H,(H,9,10,11). The second-order valence-corrected chi connectivity index (χ2v) is 3.07. The molecule has 60 valence electrons. The van der Waals surface area contributed by atoms with E-state index in [1.807, 2.05) is 0 Å². The molecule has 12 heavy (non-hydrogen) atoms. The second-order valence-electron chi connectivity index (χ2n) is 3.07. The number of epoxide rings is 1. The summed E-state index contributed by atoms with van der Waals surface area (Å²) in [5, 5.41) is 2.23. The van der Waals surface area contributed by atoms with Gasteiger partial charge in [-0.15, -0.1) is 0 Å². The number of amides is 2. The van der Waals surface area contributed by atoms with Crippen molar-refractivity contribution in [3.8, 4) is 0 Å². The zero-order valence-electron chi connectivity index (χ0n) is 6.03. The molecule has 0 bridgehead atoms. The van der Waals surface area contributed by atoms with E-state index in [-0.39, 0.29) is 11.8 Å². The van der Waals surface area contributed by atoms with E-state index in [0.717, 1.165) is 0 Å². The summed E-state index contributed by atoms with van der Waals surface area (Å²) in [6, 6.07) is 0. The fourth-order valence-corrected chi connectivity index (χ4v) is 1.80. The molecule has 2 amide bonds. The van der Waals surface area contributed by atoms with Crippen LogP contribution >= 0.6 is 0 Å². The van der Waals surface area contributed by atoms with Gasteiger partial charge in [-0.3, -0.25) is 14.9 Å². The predicted molar refractivity (Wildman–Crippen MR) is 38.0 cm³/mol. The lowest BCUT2D eigenvalue weighted by molar-refractivity contribution is -0.132. The van der Waals surface area contributed by atoms with E-state index in [1.54, 1.807) is 24.3 Å². The van der Waals surface area contributed by atoms with E-state index in [2.05, 4.69) is 5.32 Å². The molecule has 0 aromatic carbocycles. The Morgan fingerprint density at radius 2 is 1.58 bits per heavy atom. The summed E-state index contributed by atoms with van der Waals surface area (Å²) >= 11 is 0. The normalized spacial score (nSPS) is 47.0. The molecular weight excluding hydrogens is 158 g/mol. The molecule has 0 radical (unpaired) electrons. The van der Waals surface area contributed by atoms with Gasteiger partial charge in [-0.2, -0.15) is 0 Å². The first-order chi connectivity index (χ1) is 5.71. The molecule has 1 N–H and O–H groups in total. The summed E-state index contributed by atoms with van der Waals surface area (Å²) in [5.41, 5.74) is -2.00. The average molecular weight is 163 g/mol. The van der Waals surface area contributed by atoms with E-state index < -0.39 is 11.2 Å². The molecule has 4 heteroatoms. The Kier molecular flexibility index (Phi) is 0.707. The van der Waals surface area contributed by atoms with Crippen LogP contribution in [0.3, 0.4) is 0 Å². The third kappa shape index (κ3) is 0.368. The monoisotopic (exact) mass is 163 g/mol. The number of nitrogens with one attached hydrogen (secondary N) is 1. The van der Waals surface area contributed by atoms with Gasteiger partial charge in [0.05, 0.1) is 0 Å². The van der Waals surface area contributed by atoms with Crippen LogP contribution in [0.1, 0.15) is 0 Å². The van der Waals surface area contributed by atoms with E-state index in [9.17, 15) is 9.59 Å². The van der Waals surface area contributed by atoms with Gasteiger partial charge in [0.25, 0.3) is 11.8 Å². The lowest BCUT2D eigenvalue weighted by atomic mass is 9.91. The highest BCUT2D eigenvalue weighted by Crippen LogP contribution is 2.55. The molecule has 3 aliphatic rings. The Balaban J connectivity index is 2.24. The molecule has 0 spiro atoms. The number of carbonyl (C=O) groups is 2. The molecular formula is C8H5NO3.